The summed E-state index contributed by atoms with van der Waals surface area (Å²) < 4.78 is 6.15. The molecular formula is C19H21N3O. The summed E-state index contributed by atoms with van der Waals surface area (Å²) >= 11 is 0. The van der Waals surface area contributed by atoms with Crippen LogP contribution in [0, 0.1) is 6.92 Å². The van der Waals surface area contributed by atoms with E-state index < -0.39 is 0 Å². The molecule has 1 N–H and O–H groups in total. The van der Waals surface area contributed by atoms with Crippen molar-refractivity contribution < 1.29 is 4.74 Å². The van der Waals surface area contributed by atoms with E-state index >= 15 is 0 Å². The average molecular weight is 307 g/mol. The lowest BCUT2D eigenvalue weighted by atomic mass is 10.1. The van der Waals surface area contributed by atoms with Crippen molar-refractivity contribution in [3.05, 3.63) is 53.6 Å². The molecule has 2 heterocycles. The molecule has 118 valence electrons. The minimum absolute atomic E-state index is 0.825. The van der Waals surface area contributed by atoms with Crippen LogP contribution in [0.2, 0.25) is 0 Å². The first-order valence-electron chi connectivity index (χ1n) is 8.23. The molecule has 0 atom stereocenters. The fraction of sp³-hybridized carbons (Fsp3) is 0.316. The minimum atomic E-state index is 0.825. The predicted octanol–water partition coefficient (Wildman–Crippen LogP) is 3.47. The van der Waals surface area contributed by atoms with Gasteiger partial charge in [0.15, 0.2) is 5.75 Å². The topological polar surface area (TPSA) is 36.9 Å². The highest BCUT2D eigenvalue weighted by molar-refractivity contribution is 6.03. The maximum Gasteiger partial charge on any atom is 0.153 e. The van der Waals surface area contributed by atoms with Gasteiger partial charge in [-0.2, -0.15) is 0 Å². The lowest BCUT2D eigenvalue weighted by molar-refractivity contribution is 0.445. The van der Waals surface area contributed by atoms with Gasteiger partial charge in [-0.05, 0) is 49.7 Å². The van der Waals surface area contributed by atoms with Crippen molar-refractivity contribution in [2.45, 2.75) is 13.3 Å². The maximum atomic E-state index is 6.15. The van der Waals surface area contributed by atoms with Crippen molar-refractivity contribution in [1.29, 1.82) is 0 Å². The van der Waals surface area contributed by atoms with Crippen LogP contribution in [0.4, 0.5) is 5.69 Å². The van der Waals surface area contributed by atoms with E-state index in [1.54, 1.807) is 0 Å². The molecule has 4 heteroatoms. The van der Waals surface area contributed by atoms with Crippen LogP contribution in [-0.2, 0) is 0 Å². The largest absolute Gasteiger partial charge is 0.454 e. The highest BCUT2D eigenvalue weighted by atomic mass is 16.5. The van der Waals surface area contributed by atoms with E-state index in [9.17, 15) is 0 Å². The molecule has 4 rings (SSSR count). The molecule has 2 aromatic carbocycles. The fourth-order valence-electron chi connectivity index (χ4n) is 3.13. The van der Waals surface area contributed by atoms with Gasteiger partial charge in [-0.1, -0.05) is 18.2 Å². The van der Waals surface area contributed by atoms with Gasteiger partial charge in [-0.15, -0.1) is 0 Å². The molecule has 1 fully saturated rings. The predicted molar refractivity (Wildman–Crippen MR) is 93.0 cm³/mol. The number of nitrogens with one attached hydrogen (secondary N) is 1. The summed E-state index contributed by atoms with van der Waals surface area (Å²) in [6.07, 6.45) is 1.13. The number of amidine groups is 1. The van der Waals surface area contributed by atoms with E-state index in [1.165, 1.54) is 5.56 Å². The van der Waals surface area contributed by atoms with Gasteiger partial charge in [0.25, 0.3) is 0 Å². The Morgan fingerprint density at radius 1 is 1.04 bits per heavy atom. The Balaban J connectivity index is 1.85. The van der Waals surface area contributed by atoms with Crippen molar-refractivity contribution in [2.24, 2.45) is 4.99 Å². The number of aliphatic imine (C=N–C) groups is 1. The summed E-state index contributed by atoms with van der Waals surface area (Å²) in [4.78, 5) is 7.37. The Morgan fingerprint density at radius 3 is 2.91 bits per heavy atom. The molecule has 0 aromatic heterocycles. The zero-order valence-electron chi connectivity index (χ0n) is 13.4. The van der Waals surface area contributed by atoms with Gasteiger partial charge in [-0.3, -0.25) is 0 Å². The van der Waals surface area contributed by atoms with Gasteiger partial charge in [0, 0.05) is 19.6 Å². The highest BCUT2D eigenvalue weighted by Crippen LogP contribution is 2.38. The van der Waals surface area contributed by atoms with Gasteiger partial charge in [0.05, 0.1) is 5.56 Å². The Morgan fingerprint density at radius 2 is 1.96 bits per heavy atom. The summed E-state index contributed by atoms with van der Waals surface area (Å²) in [6.45, 7) is 6.12. The van der Waals surface area contributed by atoms with Crippen LogP contribution < -0.4 is 10.1 Å². The summed E-state index contributed by atoms with van der Waals surface area (Å²) in [7, 11) is 0. The summed E-state index contributed by atoms with van der Waals surface area (Å²) in [6, 6.07) is 14.4. The van der Waals surface area contributed by atoms with Crippen LogP contribution in [0.5, 0.6) is 11.5 Å². The van der Waals surface area contributed by atoms with Crippen molar-refractivity contribution in [3.8, 4) is 11.5 Å². The van der Waals surface area contributed by atoms with Crippen LogP contribution in [-0.4, -0.2) is 36.9 Å². The quantitative estimate of drug-likeness (QED) is 0.809. The van der Waals surface area contributed by atoms with Crippen LogP contribution >= 0.6 is 0 Å². The summed E-state index contributed by atoms with van der Waals surface area (Å²) in [5.74, 6) is 2.73. The highest BCUT2D eigenvalue weighted by Gasteiger charge is 2.23. The summed E-state index contributed by atoms with van der Waals surface area (Å²) in [5.41, 5.74) is 3.18. The second kappa shape index (κ2) is 6.05. The lowest BCUT2D eigenvalue weighted by Gasteiger charge is -2.24. The molecule has 0 amide bonds. The fourth-order valence-corrected chi connectivity index (χ4v) is 3.13. The molecule has 0 unspecified atom stereocenters. The number of benzene rings is 2. The standard InChI is InChI=1S/C19H21N3O/c1-14-7-8-18-16(13-14)21-19(22-11-4-9-20-10-12-22)15-5-2-3-6-17(15)23-18/h2-3,5-8,13,20H,4,9-12H2,1H3. The van der Waals surface area contributed by atoms with Gasteiger partial charge < -0.3 is 15.0 Å². The molecule has 4 nitrogen and oxygen atoms in total. The smallest absolute Gasteiger partial charge is 0.153 e. The number of hydrogen-bond donors (Lipinski definition) is 1. The molecule has 2 aromatic rings. The Bertz CT molecular complexity index is 746. The molecule has 2 aliphatic rings. The second-order valence-electron chi connectivity index (χ2n) is 6.10. The van der Waals surface area contributed by atoms with Gasteiger partial charge in [0.2, 0.25) is 0 Å². The van der Waals surface area contributed by atoms with E-state index in [1.807, 2.05) is 18.2 Å². The SMILES string of the molecule is Cc1ccc2c(c1)N=C(N1CCCNCC1)c1ccccc1O2. The van der Waals surface area contributed by atoms with E-state index in [-0.39, 0.29) is 0 Å². The number of fused-ring (bicyclic) bond motifs is 2. The van der Waals surface area contributed by atoms with E-state index in [4.69, 9.17) is 9.73 Å². The Hall–Kier alpha value is -2.33. The van der Waals surface area contributed by atoms with E-state index in [0.29, 0.717) is 0 Å². The Labute approximate surface area is 136 Å². The zero-order valence-corrected chi connectivity index (χ0v) is 13.4. The number of para-hydroxylation sites is 1. The third-order valence-corrected chi connectivity index (χ3v) is 4.33. The summed E-state index contributed by atoms with van der Waals surface area (Å²) in [5, 5.41) is 3.46. The van der Waals surface area contributed by atoms with Crippen molar-refractivity contribution in [2.75, 3.05) is 26.2 Å². The first-order valence-corrected chi connectivity index (χ1v) is 8.23. The molecule has 0 radical (unpaired) electrons. The van der Waals surface area contributed by atoms with Crippen LogP contribution in [0.15, 0.2) is 47.5 Å². The maximum absolute atomic E-state index is 6.15. The molecule has 0 saturated carbocycles. The van der Waals surface area contributed by atoms with Gasteiger partial charge in [0.1, 0.15) is 17.3 Å². The van der Waals surface area contributed by atoms with Crippen molar-refractivity contribution in [3.63, 3.8) is 0 Å². The first kappa shape index (κ1) is 14.3. The number of hydrogen-bond acceptors (Lipinski definition) is 4. The normalized spacial score (nSPS) is 17.3. The molecule has 2 aliphatic heterocycles. The van der Waals surface area contributed by atoms with Gasteiger partial charge in [-0.25, -0.2) is 4.99 Å². The first-order chi connectivity index (χ1) is 11.3. The molecule has 0 aliphatic carbocycles. The minimum Gasteiger partial charge on any atom is -0.454 e. The number of ether oxygens (including phenoxy) is 1. The van der Waals surface area contributed by atoms with Crippen molar-refractivity contribution >= 4 is 11.5 Å². The second-order valence-corrected chi connectivity index (χ2v) is 6.10. The Kier molecular flexibility index (Phi) is 3.75. The van der Waals surface area contributed by atoms with Gasteiger partial charge >= 0.3 is 0 Å². The van der Waals surface area contributed by atoms with Crippen LogP contribution in [0.3, 0.4) is 0 Å². The third kappa shape index (κ3) is 2.82. The van der Waals surface area contributed by atoms with Crippen molar-refractivity contribution in [1.82, 2.24) is 10.2 Å². The number of nitrogens with zero attached hydrogens (tertiary/aromatic N) is 2. The molecular weight excluding hydrogens is 286 g/mol. The average Bonchev–Trinajstić information content (AvgIpc) is 2.91. The molecule has 0 bridgehead atoms. The lowest BCUT2D eigenvalue weighted by Crippen LogP contribution is -2.34. The number of aryl methyl sites for hydroxylation is 1. The number of rotatable bonds is 0. The molecule has 23 heavy (non-hydrogen) atoms. The third-order valence-electron chi connectivity index (χ3n) is 4.33. The molecule has 1 saturated heterocycles. The molecule has 0 spiro atoms. The van der Waals surface area contributed by atoms with E-state index in [0.717, 1.165) is 61.2 Å². The van der Waals surface area contributed by atoms with Crippen LogP contribution in [0.1, 0.15) is 17.5 Å². The zero-order chi connectivity index (χ0) is 15.6. The van der Waals surface area contributed by atoms with E-state index in [2.05, 4.69) is 41.4 Å². The monoisotopic (exact) mass is 307 g/mol. The van der Waals surface area contributed by atoms with Crippen LogP contribution in [0.25, 0.3) is 0 Å².